The first-order valence-corrected chi connectivity index (χ1v) is 4.76. The van der Waals surface area contributed by atoms with Gasteiger partial charge in [0.25, 0.3) is 6.47 Å². The molecule has 1 aliphatic heterocycles. The lowest BCUT2D eigenvalue weighted by atomic mass is 10.3. The maximum atomic E-state index is 10.7. The van der Waals surface area contributed by atoms with E-state index in [2.05, 4.69) is 4.74 Å². The molecule has 0 radical (unpaired) electrons. The number of ether oxygens (including phenoxy) is 1. The number of carbonyl (C=O) groups is 1. The van der Waals surface area contributed by atoms with Crippen LogP contribution >= 0.6 is 0 Å². The molecule has 0 saturated carbocycles. The van der Waals surface area contributed by atoms with E-state index in [0.717, 1.165) is 0 Å². The van der Waals surface area contributed by atoms with Crippen LogP contribution in [-0.2, 0) is 19.4 Å². The Morgan fingerprint density at radius 2 is 2.20 bits per heavy atom. The quantitative estimate of drug-likeness (QED) is 0.509. The Balaban J connectivity index is 2.51. The van der Waals surface area contributed by atoms with E-state index in [0.29, 0.717) is 12.9 Å². The highest BCUT2D eigenvalue weighted by molar-refractivity contribution is 7.91. The smallest absolute Gasteiger partial charge is 0.293 e. The zero-order valence-corrected chi connectivity index (χ0v) is 6.13. The van der Waals surface area contributed by atoms with Gasteiger partial charge in [0.05, 0.1) is 11.5 Å². The van der Waals surface area contributed by atoms with Gasteiger partial charge in [-0.05, 0) is 6.42 Å². The van der Waals surface area contributed by atoms with Crippen molar-refractivity contribution in [3.05, 3.63) is 0 Å². The number of hydrogen-bond donors (Lipinski definition) is 0. The third-order valence-electron chi connectivity index (χ3n) is 1.44. The van der Waals surface area contributed by atoms with E-state index in [1.807, 2.05) is 0 Å². The van der Waals surface area contributed by atoms with Crippen LogP contribution in [0.5, 0.6) is 0 Å². The largest absolute Gasteiger partial charge is 0.463 e. The van der Waals surface area contributed by atoms with Crippen molar-refractivity contribution in [2.75, 3.05) is 11.5 Å². The molecule has 5 heteroatoms. The van der Waals surface area contributed by atoms with Crippen molar-refractivity contribution < 1.29 is 17.9 Å². The Morgan fingerprint density at radius 1 is 1.50 bits per heavy atom. The Hall–Kier alpha value is -0.580. The van der Waals surface area contributed by atoms with Crippen LogP contribution in [0.2, 0.25) is 0 Å². The molecule has 0 aromatic rings. The van der Waals surface area contributed by atoms with E-state index < -0.39 is 15.9 Å². The molecule has 1 rings (SSSR count). The van der Waals surface area contributed by atoms with Crippen molar-refractivity contribution in [3.8, 4) is 0 Å². The van der Waals surface area contributed by atoms with Crippen LogP contribution in [0, 0.1) is 0 Å². The van der Waals surface area contributed by atoms with Crippen molar-refractivity contribution in [1.29, 1.82) is 0 Å². The molecule has 0 aromatic heterocycles. The van der Waals surface area contributed by atoms with Crippen molar-refractivity contribution in [1.82, 2.24) is 0 Å². The summed E-state index contributed by atoms with van der Waals surface area (Å²) in [7, 11) is -2.90. The van der Waals surface area contributed by atoms with Crippen molar-refractivity contribution in [2.45, 2.75) is 12.5 Å². The van der Waals surface area contributed by atoms with Crippen molar-refractivity contribution in [3.63, 3.8) is 0 Å². The molecule has 10 heavy (non-hydrogen) atoms. The first-order chi connectivity index (χ1) is 4.64. The highest BCUT2D eigenvalue weighted by atomic mass is 32.2. The second kappa shape index (κ2) is 2.57. The van der Waals surface area contributed by atoms with Crippen LogP contribution in [0.1, 0.15) is 6.42 Å². The standard InChI is InChI=1S/C5H8O4S/c6-4-9-5-1-2-10(7,8)3-5/h4-5H,1-3H2. The lowest BCUT2D eigenvalue weighted by Gasteiger charge is -2.01. The zero-order valence-electron chi connectivity index (χ0n) is 5.32. The minimum Gasteiger partial charge on any atom is -0.463 e. The van der Waals surface area contributed by atoms with Gasteiger partial charge in [0.2, 0.25) is 0 Å². The van der Waals surface area contributed by atoms with Crippen LogP contribution in [0.25, 0.3) is 0 Å². The van der Waals surface area contributed by atoms with Gasteiger partial charge in [0.15, 0.2) is 9.84 Å². The van der Waals surface area contributed by atoms with E-state index in [-0.39, 0.29) is 11.5 Å². The lowest BCUT2D eigenvalue weighted by molar-refractivity contribution is -0.132. The molecular weight excluding hydrogens is 156 g/mol. The SMILES string of the molecule is O=COC1CCS(=O)(=O)C1. The van der Waals surface area contributed by atoms with Gasteiger partial charge in [-0.3, -0.25) is 4.79 Å². The molecule has 1 atom stereocenters. The summed E-state index contributed by atoms with van der Waals surface area (Å²) in [5.41, 5.74) is 0. The van der Waals surface area contributed by atoms with E-state index in [9.17, 15) is 13.2 Å². The number of hydrogen-bond acceptors (Lipinski definition) is 4. The summed E-state index contributed by atoms with van der Waals surface area (Å²) >= 11 is 0. The Labute approximate surface area is 59.1 Å². The average Bonchev–Trinajstić information content (AvgIpc) is 2.12. The summed E-state index contributed by atoms with van der Waals surface area (Å²) in [6.07, 6.45) is 0.0450. The molecule has 1 saturated heterocycles. The predicted octanol–water partition coefficient (Wildman–Crippen LogP) is -0.653. The monoisotopic (exact) mass is 164 g/mol. The second-order valence-electron chi connectivity index (χ2n) is 2.26. The molecule has 1 heterocycles. The summed E-state index contributed by atoms with van der Waals surface area (Å²) < 4.78 is 25.9. The molecule has 1 unspecified atom stereocenters. The van der Waals surface area contributed by atoms with Gasteiger partial charge in [-0.15, -0.1) is 0 Å². The van der Waals surface area contributed by atoms with E-state index >= 15 is 0 Å². The summed E-state index contributed by atoms with van der Waals surface area (Å²) in [6.45, 7) is 0.297. The highest BCUT2D eigenvalue weighted by Crippen LogP contribution is 2.13. The molecule has 1 fully saturated rings. The minimum absolute atomic E-state index is 0.00819. The van der Waals surface area contributed by atoms with Crippen LogP contribution in [-0.4, -0.2) is 32.5 Å². The van der Waals surface area contributed by atoms with Crippen LogP contribution < -0.4 is 0 Å². The van der Waals surface area contributed by atoms with Crippen LogP contribution in [0.3, 0.4) is 0 Å². The molecule has 0 aromatic carbocycles. The van der Waals surface area contributed by atoms with E-state index in [4.69, 9.17) is 0 Å². The van der Waals surface area contributed by atoms with Gasteiger partial charge < -0.3 is 4.74 Å². The van der Waals surface area contributed by atoms with Gasteiger partial charge >= 0.3 is 0 Å². The van der Waals surface area contributed by atoms with Crippen LogP contribution in [0.15, 0.2) is 0 Å². The third-order valence-corrected chi connectivity index (χ3v) is 3.18. The minimum atomic E-state index is -2.90. The van der Waals surface area contributed by atoms with Crippen molar-refractivity contribution in [2.24, 2.45) is 0 Å². The summed E-state index contributed by atoms with van der Waals surface area (Å²) in [4.78, 5) is 9.75. The first kappa shape index (κ1) is 7.53. The topological polar surface area (TPSA) is 60.4 Å². The summed E-state index contributed by atoms with van der Waals surface area (Å²) in [6, 6.07) is 0. The van der Waals surface area contributed by atoms with Gasteiger partial charge in [0.1, 0.15) is 6.10 Å². The molecule has 58 valence electrons. The molecule has 0 aliphatic carbocycles. The fraction of sp³-hybridized carbons (Fsp3) is 0.800. The fourth-order valence-electron chi connectivity index (χ4n) is 0.947. The Kier molecular flexibility index (Phi) is 1.94. The van der Waals surface area contributed by atoms with Gasteiger partial charge in [0, 0.05) is 0 Å². The second-order valence-corrected chi connectivity index (χ2v) is 4.49. The van der Waals surface area contributed by atoms with E-state index in [1.54, 1.807) is 0 Å². The van der Waals surface area contributed by atoms with Gasteiger partial charge in [-0.25, -0.2) is 8.42 Å². The maximum Gasteiger partial charge on any atom is 0.293 e. The molecule has 0 amide bonds. The van der Waals surface area contributed by atoms with E-state index in [1.165, 1.54) is 0 Å². The molecule has 4 nitrogen and oxygen atoms in total. The Bertz CT molecular complexity index is 218. The Morgan fingerprint density at radius 3 is 2.60 bits per heavy atom. The summed E-state index contributed by atoms with van der Waals surface area (Å²) in [5.74, 6) is 0.136. The average molecular weight is 164 g/mol. The molecule has 0 bridgehead atoms. The summed E-state index contributed by atoms with van der Waals surface area (Å²) in [5, 5.41) is 0. The lowest BCUT2D eigenvalue weighted by Crippen LogP contribution is -2.13. The number of sulfone groups is 1. The third kappa shape index (κ3) is 1.70. The fourth-order valence-corrected chi connectivity index (χ4v) is 2.55. The number of carbonyl (C=O) groups excluding carboxylic acids is 1. The first-order valence-electron chi connectivity index (χ1n) is 2.93. The molecule has 0 spiro atoms. The molecule has 1 aliphatic rings. The molecule has 0 N–H and O–H groups in total. The van der Waals surface area contributed by atoms with Gasteiger partial charge in [-0.1, -0.05) is 0 Å². The van der Waals surface area contributed by atoms with Gasteiger partial charge in [-0.2, -0.15) is 0 Å². The predicted molar refractivity (Wildman–Crippen MR) is 34.2 cm³/mol. The maximum absolute atomic E-state index is 10.7. The van der Waals surface area contributed by atoms with Crippen molar-refractivity contribution >= 4 is 16.3 Å². The van der Waals surface area contributed by atoms with Crippen LogP contribution in [0.4, 0.5) is 0 Å². The normalized spacial score (nSPS) is 29.8. The molecular formula is C5H8O4S. The number of rotatable bonds is 2. The zero-order chi connectivity index (χ0) is 7.61. The highest BCUT2D eigenvalue weighted by Gasteiger charge is 2.28.